The van der Waals surface area contributed by atoms with Gasteiger partial charge in [0.15, 0.2) is 0 Å². The molecule has 1 fully saturated rings. The van der Waals surface area contributed by atoms with Gasteiger partial charge in [-0.3, -0.25) is 0 Å². The van der Waals surface area contributed by atoms with E-state index >= 15 is 0 Å². The normalized spacial score (nSPS) is 17.1. The number of fused-ring (bicyclic) bond motifs is 1. The van der Waals surface area contributed by atoms with Crippen LogP contribution < -0.4 is 15.5 Å². The Bertz CT molecular complexity index is 1150. The van der Waals surface area contributed by atoms with Gasteiger partial charge in [0, 0.05) is 37.8 Å². The third-order valence-electron chi connectivity index (χ3n) is 8.36. The monoisotopic (exact) mass is 541 g/mol. The first-order valence-electron chi connectivity index (χ1n) is 15.7. The lowest BCUT2D eigenvalue weighted by molar-refractivity contribution is 0.330. The maximum absolute atomic E-state index is 4.83. The zero-order chi connectivity index (χ0) is 28.0. The number of aromatic nitrogens is 2. The number of unbranched alkanes of at least 4 members (excludes halogenated alkanes) is 7. The second-order valence-corrected chi connectivity index (χ2v) is 11.9. The molecule has 1 aromatic heterocycles. The van der Waals surface area contributed by atoms with Crippen molar-refractivity contribution in [1.82, 2.24) is 15.3 Å². The molecule has 1 heterocycles. The molecule has 0 radical (unpaired) electrons. The second-order valence-electron chi connectivity index (χ2n) is 11.9. The summed E-state index contributed by atoms with van der Waals surface area (Å²) in [6, 6.07) is 19.6. The van der Waals surface area contributed by atoms with Gasteiger partial charge in [0.2, 0.25) is 5.95 Å². The highest BCUT2D eigenvalue weighted by molar-refractivity contribution is 5.90. The molecule has 0 saturated heterocycles. The number of benzene rings is 2. The standard InChI is InChI=1S/C35H51N5/c1-28(17-11-8-6-4-5-7-9-12-18-29-19-13-10-14-20-29)36-27-30-23-25-31(26-24-30)37-35-38-33-22-16-15-21-32(33)34(39-35)40(2)3/h10,13-16,19-22,30-31,36H,1,4-9,11-12,17-18,23-27H2,2-3H3,(H,37,38,39)/t30-,31+. The van der Waals surface area contributed by atoms with E-state index in [2.05, 4.69) is 64.6 Å². The number of hydrogen-bond acceptors (Lipinski definition) is 5. The highest BCUT2D eigenvalue weighted by Gasteiger charge is 2.22. The van der Waals surface area contributed by atoms with Gasteiger partial charge in [-0.15, -0.1) is 0 Å². The summed E-state index contributed by atoms with van der Waals surface area (Å²) in [6.45, 7) is 5.37. The molecule has 0 atom stereocenters. The summed E-state index contributed by atoms with van der Waals surface area (Å²) >= 11 is 0. The number of anilines is 2. The van der Waals surface area contributed by atoms with Gasteiger partial charge < -0.3 is 15.5 Å². The molecule has 3 aromatic rings. The summed E-state index contributed by atoms with van der Waals surface area (Å²) in [6.07, 6.45) is 17.9. The van der Waals surface area contributed by atoms with Crippen LogP contribution in [0.3, 0.4) is 0 Å². The van der Waals surface area contributed by atoms with E-state index in [4.69, 9.17) is 9.97 Å². The van der Waals surface area contributed by atoms with Gasteiger partial charge >= 0.3 is 0 Å². The number of nitrogens with zero attached hydrogens (tertiary/aromatic N) is 3. The Labute approximate surface area is 242 Å². The van der Waals surface area contributed by atoms with Crippen LogP contribution in [0, 0.1) is 5.92 Å². The smallest absolute Gasteiger partial charge is 0.225 e. The first kappa shape index (κ1) is 29.9. The summed E-state index contributed by atoms with van der Waals surface area (Å²) < 4.78 is 0. The molecule has 216 valence electrons. The van der Waals surface area contributed by atoms with Crippen molar-refractivity contribution in [3.63, 3.8) is 0 Å². The van der Waals surface area contributed by atoms with Crippen molar-refractivity contribution in [2.24, 2.45) is 5.92 Å². The topological polar surface area (TPSA) is 53.1 Å². The van der Waals surface area contributed by atoms with Crippen molar-refractivity contribution in [2.45, 2.75) is 95.9 Å². The zero-order valence-electron chi connectivity index (χ0n) is 25.0. The van der Waals surface area contributed by atoms with Crippen LogP contribution in [-0.2, 0) is 6.42 Å². The molecule has 1 aliphatic rings. The second kappa shape index (κ2) is 16.2. The third kappa shape index (κ3) is 9.83. The van der Waals surface area contributed by atoms with Gasteiger partial charge in [-0.2, -0.15) is 4.98 Å². The predicted molar refractivity (Wildman–Crippen MR) is 172 cm³/mol. The van der Waals surface area contributed by atoms with E-state index in [9.17, 15) is 0 Å². The van der Waals surface area contributed by atoms with E-state index in [0.29, 0.717) is 6.04 Å². The quantitative estimate of drug-likeness (QED) is 0.168. The molecule has 0 bridgehead atoms. The molecule has 0 aliphatic heterocycles. The van der Waals surface area contributed by atoms with Gasteiger partial charge in [0.05, 0.1) is 5.52 Å². The summed E-state index contributed by atoms with van der Waals surface area (Å²) in [5, 5.41) is 8.38. The Kier molecular flexibility index (Phi) is 12.1. The van der Waals surface area contributed by atoms with E-state index in [1.54, 1.807) is 0 Å². The first-order valence-corrected chi connectivity index (χ1v) is 15.7. The van der Waals surface area contributed by atoms with Crippen molar-refractivity contribution in [3.8, 4) is 0 Å². The van der Waals surface area contributed by atoms with Crippen LogP contribution in [0.15, 0.2) is 66.9 Å². The van der Waals surface area contributed by atoms with Gasteiger partial charge in [-0.1, -0.05) is 87.6 Å². The average Bonchev–Trinajstić information content (AvgIpc) is 2.98. The van der Waals surface area contributed by atoms with Crippen LogP contribution in [0.2, 0.25) is 0 Å². The van der Waals surface area contributed by atoms with Crippen LogP contribution in [-0.4, -0.2) is 36.6 Å². The molecule has 1 saturated carbocycles. The van der Waals surface area contributed by atoms with Crippen molar-refractivity contribution in [2.75, 3.05) is 30.9 Å². The maximum Gasteiger partial charge on any atom is 0.225 e. The molecular weight excluding hydrogens is 490 g/mol. The van der Waals surface area contributed by atoms with E-state index < -0.39 is 0 Å². The molecule has 4 rings (SSSR count). The molecule has 0 unspecified atom stereocenters. The Morgan fingerprint density at radius 2 is 1.45 bits per heavy atom. The summed E-state index contributed by atoms with van der Waals surface area (Å²) in [5.41, 5.74) is 3.70. The van der Waals surface area contributed by atoms with E-state index in [1.807, 2.05) is 26.2 Å². The Balaban J connectivity index is 1.02. The minimum atomic E-state index is 0.444. The third-order valence-corrected chi connectivity index (χ3v) is 8.36. The predicted octanol–water partition coefficient (Wildman–Crippen LogP) is 8.52. The largest absolute Gasteiger partial charge is 0.389 e. The highest BCUT2D eigenvalue weighted by Crippen LogP contribution is 2.28. The lowest BCUT2D eigenvalue weighted by atomic mass is 9.86. The van der Waals surface area contributed by atoms with Crippen molar-refractivity contribution < 1.29 is 0 Å². The molecule has 2 N–H and O–H groups in total. The van der Waals surface area contributed by atoms with Crippen LogP contribution in [0.25, 0.3) is 10.9 Å². The van der Waals surface area contributed by atoms with Crippen molar-refractivity contribution in [1.29, 1.82) is 0 Å². The number of rotatable bonds is 17. The lowest BCUT2D eigenvalue weighted by Crippen LogP contribution is -2.31. The SMILES string of the molecule is C=C(CCCCCCCCCCc1ccccc1)NC[C@H]1CC[C@@H](Nc2nc(N(C)C)c3ccccc3n2)CC1. The molecule has 0 amide bonds. The molecule has 0 spiro atoms. The summed E-state index contributed by atoms with van der Waals surface area (Å²) in [4.78, 5) is 11.7. The fourth-order valence-corrected chi connectivity index (χ4v) is 5.91. The maximum atomic E-state index is 4.83. The van der Waals surface area contributed by atoms with Gasteiger partial charge in [0.25, 0.3) is 0 Å². The van der Waals surface area contributed by atoms with Crippen LogP contribution in [0.1, 0.15) is 89.0 Å². The van der Waals surface area contributed by atoms with E-state index in [0.717, 1.165) is 41.6 Å². The van der Waals surface area contributed by atoms with Gasteiger partial charge in [-0.05, 0) is 75.0 Å². The number of hydrogen-bond donors (Lipinski definition) is 2. The molecule has 1 aliphatic carbocycles. The molecular formula is C35H51N5. The molecule has 5 nitrogen and oxygen atoms in total. The average molecular weight is 542 g/mol. The zero-order valence-corrected chi connectivity index (χ0v) is 25.0. The Morgan fingerprint density at radius 1 is 0.800 bits per heavy atom. The van der Waals surface area contributed by atoms with Crippen LogP contribution in [0.5, 0.6) is 0 Å². The first-order chi connectivity index (χ1) is 19.6. The highest BCUT2D eigenvalue weighted by atomic mass is 15.2. The number of para-hydroxylation sites is 1. The molecule has 40 heavy (non-hydrogen) atoms. The molecule has 5 heteroatoms. The van der Waals surface area contributed by atoms with Crippen molar-refractivity contribution >= 4 is 22.7 Å². The van der Waals surface area contributed by atoms with E-state index in [1.165, 1.54) is 94.7 Å². The minimum Gasteiger partial charge on any atom is -0.389 e. The Morgan fingerprint density at radius 3 is 2.17 bits per heavy atom. The van der Waals surface area contributed by atoms with Crippen LogP contribution >= 0.6 is 0 Å². The fourth-order valence-electron chi connectivity index (χ4n) is 5.91. The lowest BCUT2D eigenvalue weighted by Gasteiger charge is -2.30. The Hall–Kier alpha value is -3.08. The van der Waals surface area contributed by atoms with Crippen LogP contribution in [0.4, 0.5) is 11.8 Å². The van der Waals surface area contributed by atoms with E-state index in [-0.39, 0.29) is 0 Å². The van der Waals surface area contributed by atoms with Crippen molar-refractivity contribution in [3.05, 3.63) is 72.4 Å². The summed E-state index contributed by atoms with van der Waals surface area (Å²) in [5.74, 6) is 2.45. The summed E-state index contributed by atoms with van der Waals surface area (Å²) in [7, 11) is 4.08. The fraction of sp³-hybridized carbons (Fsp3) is 0.543. The number of nitrogens with one attached hydrogen (secondary N) is 2. The van der Waals surface area contributed by atoms with Gasteiger partial charge in [0.1, 0.15) is 5.82 Å². The van der Waals surface area contributed by atoms with Gasteiger partial charge in [-0.25, -0.2) is 4.98 Å². The number of allylic oxidation sites excluding steroid dienone is 1. The number of aryl methyl sites for hydroxylation is 1. The minimum absolute atomic E-state index is 0.444. The molecule has 2 aromatic carbocycles.